The zero-order valence-electron chi connectivity index (χ0n) is 16.2. The molecular weight excluding hydrogens is 344 g/mol. The summed E-state index contributed by atoms with van der Waals surface area (Å²) in [5.74, 6) is 1.04. The molecule has 0 aliphatic carbocycles. The van der Waals surface area contributed by atoms with Gasteiger partial charge < -0.3 is 19.7 Å². The minimum absolute atomic E-state index is 0.146. The number of nitrogens with one attached hydrogen (secondary N) is 1. The van der Waals surface area contributed by atoms with Gasteiger partial charge in [-0.05, 0) is 55.8 Å². The highest BCUT2D eigenvalue weighted by Gasteiger charge is 2.17. The molecule has 0 atom stereocenters. The number of carbonyl (C=O) groups excluding carboxylic acids is 2. The van der Waals surface area contributed by atoms with Crippen molar-refractivity contribution in [2.75, 3.05) is 30.5 Å². The highest BCUT2D eigenvalue weighted by Crippen LogP contribution is 2.29. The largest absolute Gasteiger partial charge is 0.495 e. The van der Waals surface area contributed by atoms with Gasteiger partial charge in [0.2, 0.25) is 11.8 Å². The van der Waals surface area contributed by atoms with Crippen molar-refractivity contribution >= 4 is 23.2 Å². The summed E-state index contributed by atoms with van der Waals surface area (Å²) in [5, 5.41) is 2.83. The maximum absolute atomic E-state index is 12.3. The number of aryl methyl sites for hydroxylation is 1. The van der Waals surface area contributed by atoms with Crippen LogP contribution in [-0.4, -0.2) is 32.1 Å². The van der Waals surface area contributed by atoms with Crippen molar-refractivity contribution in [1.29, 1.82) is 0 Å². The van der Waals surface area contributed by atoms with Crippen LogP contribution < -0.4 is 19.7 Å². The van der Waals surface area contributed by atoms with E-state index in [-0.39, 0.29) is 24.8 Å². The van der Waals surface area contributed by atoms with E-state index in [1.54, 1.807) is 36.3 Å². The summed E-state index contributed by atoms with van der Waals surface area (Å²) in [4.78, 5) is 26.0. The summed E-state index contributed by atoms with van der Waals surface area (Å²) in [6.45, 7) is 6.19. The quantitative estimate of drug-likeness (QED) is 0.768. The van der Waals surface area contributed by atoms with Gasteiger partial charge in [0.15, 0.2) is 0 Å². The van der Waals surface area contributed by atoms with Crippen LogP contribution in [0.4, 0.5) is 11.4 Å². The lowest BCUT2D eigenvalue weighted by Gasteiger charge is -2.23. The van der Waals surface area contributed by atoms with Crippen LogP contribution in [0.2, 0.25) is 0 Å². The fourth-order valence-electron chi connectivity index (χ4n) is 2.70. The van der Waals surface area contributed by atoms with Gasteiger partial charge in [0.05, 0.1) is 19.4 Å². The van der Waals surface area contributed by atoms with Crippen LogP contribution >= 0.6 is 0 Å². The third-order valence-electron chi connectivity index (χ3n) is 4.02. The lowest BCUT2D eigenvalue weighted by molar-refractivity contribution is -0.117. The Bertz CT molecular complexity index is 787. The van der Waals surface area contributed by atoms with Gasteiger partial charge in [-0.2, -0.15) is 0 Å². The first-order valence-corrected chi connectivity index (χ1v) is 8.90. The van der Waals surface area contributed by atoms with Crippen LogP contribution in [0.15, 0.2) is 42.5 Å². The summed E-state index contributed by atoms with van der Waals surface area (Å²) >= 11 is 0. The molecule has 2 rings (SSSR count). The topological polar surface area (TPSA) is 67.9 Å². The predicted molar refractivity (Wildman–Crippen MR) is 107 cm³/mol. The molecule has 0 aliphatic rings. The van der Waals surface area contributed by atoms with E-state index in [0.717, 1.165) is 11.3 Å². The molecule has 1 N–H and O–H groups in total. The summed E-state index contributed by atoms with van der Waals surface area (Å²) in [6.07, 6.45) is 0.171. The van der Waals surface area contributed by atoms with E-state index in [4.69, 9.17) is 9.47 Å². The Kier molecular flexibility index (Phi) is 7.23. The number of amides is 2. The molecule has 0 saturated carbocycles. The van der Waals surface area contributed by atoms with Gasteiger partial charge >= 0.3 is 0 Å². The van der Waals surface area contributed by atoms with E-state index in [1.807, 2.05) is 32.0 Å². The van der Waals surface area contributed by atoms with E-state index in [0.29, 0.717) is 23.7 Å². The molecule has 27 heavy (non-hydrogen) atoms. The minimum atomic E-state index is -0.169. The number of rotatable bonds is 8. The Hall–Kier alpha value is -3.02. The number of methoxy groups -OCH3 is 1. The number of ether oxygens (including phenoxy) is 2. The third kappa shape index (κ3) is 5.74. The van der Waals surface area contributed by atoms with E-state index < -0.39 is 0 Å². The monoisotopic (exact) mass is 370 g/mol. The number of anilines is 2. The zero-order chi connectivity index (χ0) is 19.8. The average Bonchev–Trinajstić information content (AvgIpc) is 2.63. The van der Waals surface area contributed by atoms with Crippen LogP contribution in [0.25, 0.3) is 0 Å². The Morgan fingerprint density at radius 2 is 1.81 bits per heavy atom. The maximum atomic E-state index is 12.3. The molecule has 0 spiro atoms. The van der Waals surface area contributed by atoms with Crippen molar-refractivity contribution in [3.8, 4) is 11.5 Å². The van der Waals surface area contributed by atoms with Crippen LogP contribution in [0, 0.1) is 6.92 Å². The molecule has 6 nitrogen and oxygen atoms in total. The van der Waals surface area contributed by atoms with Crippen LogP contribution in [-0.2, 0) is 9.59 Å². The second-order valence-electron chi connectivity index (χ2n) is 6.10. The smallest absolute Gasteiger partial charge is 0.226 e. The second-order valence-corrected chi connectivity index (χ2v) is 6.10. The van der Waals surface area contributed by atoms with Crippen molar-refractivity contribution in [3.63, 3.8) is 0 Å². The molecule has 0 radical (unpaired) electrons. The Balaban J connectivity index is 2.02. The van der Waals surface area contributed by atoms with Gasteiger partial charge in [-0.3, -0.25) is 9.59 Å². The van der Waals surface area contributed by atoms with Crippen molar-refractivity contribution in [3.05, 3.63) is 48.0 Å². The fourth-order valence-corrected chi connectivity index (χ4v) is 2.70. The number of benzene rings is 2. The van der Waals surface area contributed by atoms with E-state index in [1.165, 1.54) is 6.92 Å². The number of carbonyl (C=O) groups is 2. The summed E-state index contributed by atoms with van der Waals surface area (Å²) in [6, 6.07) is 12.8. The van der Waals surface area contributed by atoms with E-state index in [2.05, 4.69) is 5.32 Å². The first-order chi connectivity index (χ1) is 12.9. The molecule has 0 fully saturated rings. The molecule has 0 unspecified atom stereocenters. The molecule has 0 heterocycles. The van der Waals surface area contributed by atoms with Gasteiger partial charge in [-0.15, -0.1) is 0 Å². The standard InChI is InChI=1S/C21H26N2O4/c1-5-27-18-9-7-17(8-10-18)22-21(25)12-13-23(16(3)24)19-14-15(2)6-11-20(19)26-4/h6-11,14H,5,12-13H2,1-4H3,(H,22,25). The molecule has 0 saturated heterocycles. The van der Waals surface area contributed by atoms with Gasteiger partial charge in [-0.1, -0.05) is 6.07 Å². The van der Waals surface area contributed by atoms with Crippen LogP contribution in [0.1, 0.15) is 25.8 Å². The van der Waals surface area contributed by atoms with Crippen molar-refractivity contribution in [1.82, 2.24) is 0 Å². The normalized spacial score (nSPS) is 10.2. The molecule has 0 aliphatic heterocycles. The molecule has 0 bridgehead atoms. The Morgan fingerprint density at radius 1 is 1.11 bits per heavy atom. The molecule has 2 amide bonds. The summed E-state index contributed by atoms with van der Waals surface area (Å²) < 4.78 is 10.7. The Morgan fingerprint density at radius 3 is 2.41 bits per heavy atom. The molecule has 2 aromatic carbocycles. The Labute approximate surface area is 160 Å². The molecule has 0 aromatic heterocycles. The van der Waals surface area contributed by atoms with Gasteiger partial charge in [0.1, 0.15) is 11.5 Å². The van der Waals surface area contributed by atoms with Gasteiger partial charge in [0, 0.05) is 25.6 Å². The zero-order valence-corrected chi connectivity index (χ0v) is 16.2. The molecular formula is C21H26N2O4. The van der Waals surface area contributed by atoms with Gasteiger partial charge in [0.25, 0.3) is 0 Å². The molecule has 6 heteroatoms. The molecule has 2 aromatic rings. The number of hydrogen-bond acceptors (Lipinski definition) is 4. The number of hydrogen-bond donors (Lipinski definition) is 1. The fraction of sp³-hybridized carbons (Fsp3) is 0.333. The average molecular weight is 370 g/mol. The summed E-state index contributed by atoms with van der Waals surface area (Å²) in [7, 11) is 1.56. The second kappa shape index (κ2) is 9.62. The highest BCUT2D eigenvalue weighted by atomic mass is 16.5. The lowest BCUT2D eigenvalue weighted by Crippen LogP contribution is -2.32. The minimum Gasteiger partial charge on any atom is -0.495 e. The third-order valence-corrected chi connectivity index (χ3v) is 4.02. The van der Waals surface area contributed by atoms with Crippen molar-refractivity contribution in [2.45, 2.75) is 27.2 Å². The predicted octanol–water partition coefficient (Wildman–Crippen LogP) is 3.78. The van der Waals surface area contributed by atoms with E-state index >= 15 is 0 Å². The first-order valence-electron chi connectivity index (χ1n) is 8.90. The highest BCUT2D eigenvalue weighted by molar-refractivity contribution is 5.95. The van der Waals surface area contributed by atoms with E-state index in [9.17, 15) is 9.59 Å². The van der Waals surface area contributed by atoms with Crippen molar-refractivity contribution < 1.29 is 19.1 Å². The SMILES string of the molecule is CCOc1ccc(NC(=O)CCN(C(C)=O)c2cc(C)ccc2OC)cc1. The van der Waals surface area contributed by atoms with Crippen molar-refractivity contribution in [2.24, 2.45) is 0 Å². The van der Waals surface area contributed by atoms with Gasteiger partial charge in [-0.25, -0.2) is 0 Å². The summed E-state index contributed by atoms with van der Waals surface area (Å²) in [5.41, 5.74) is 2.36. The molecule has 144 valence electrons. The maximum Gasteiger partial charge on any atom is 0.226 e. The first kappa shape index (κ1) is 20.3. The van der Waals surface area contributed by atoms with Crippen LogP contribution in [0.5, 0.6) is 11.5 Å². The lowest BCUT2D eigenvalue weighted by atomic mass is 10.1. The number of nitrogens with zero attached hydrogens (tertiary/aromatic N) is 1. The van der Waals surface area contributed by atoms with Crippen LogP contribution in [0.3, 0.4) is 0 Å².